The van der Waals surface area contributed by atoms with Crippen molar-refractivity contribution in [1.29, 1.82) is 0 Å². The number of carbonyl (C=O) groups excluding carboxylic acids is 2. The molecule has 3 aliphatic rings. The van der Waals surface area contributed by atoms with E-state index in [0.29, 0.717) is 19.3 Å². The molecule has 5 unspecified atom stereocenters. The number of aliphatic hydroxyl groups is 2. The molecule has 0 amide bonds. The second kappa shape index (κ2) is 7.58. The van der Waals surface area contributed by atoms with Crippen molar-refractivity contribution in [1.82, 2.24) is 0 Å². The normalized spacial score (nSPS) is 38.2. The van der Waals surface area contributed by atoms with Gasteiger partial charge in [-0.05, 0) is 32.8 Å². The van der Waals surface area contributed by atoms with E-state index in [1.165, 1.54) is 6.08 Å². The lowest BCUT2D eigenvalue weighted by atomic mass is 9.81. The average Bonchev–Trinajstić information content (AvgIpc) is 3.27. The molecule has 2 aliphatic heterocycles. The van der Waals surface area contributed by atoms with E-state index in [1.54, 1.807) is 6.92 Å². The largest absolute Gasteiger partial charge is 0.458 e. The van der Waals surface area contributed by atoms with Gasteiger partial charge in [-0.2, -0.15) is 0 Å². The highest BCUT2D eigenvalue weighted by Crippen LogP contribution is 2.50. The number of ether oxygens (including phenoxy) is 3. The molecule has 2 fully saturated rings. The first kappa shape index (κ1) is 19.8. The lowest BCUT2D eigenvalue weighted by molar-refractivity contribution is -0.148. The molecule has 1 aliphatic carbocycles. The van der Waals surface area contributed by atoms with Crippen LogP contribution >= 0.6 is 0 Å². The van der Waals surface area contributed by atoms with E-state index in [1.807, 2.05) is 13.0 Å². The fourth-order valence-electron chi connectivity index (χ4n) is 3.94. The quantitative estimate of drug-likeness (QED) is 0.328. The molecule has 5 atom stereocenters. The molecule has 0 spiro atoms. The fraction of sp³-hybridized carbons (Fsp3) is 0.600. The van der Waals surface area contributed by atoms with Crippen LogP contribution < -0.4 is 0 Å². The van der Waals surface area contributed by atoms with Crippen molar-refractivity contribution in [2.45, 2.75) is 57.0 Å². The van der Waals surface area contributed by atoms with Gasteiger partial charge >= 0.3 is 11.9 Å². The second-order valence-corrected chi connectivity index (χ2v) is 7.49. The van der Waals surface area contributed by atoms with Gasteiger partial charge in [0, 0.05) is 17.6 Å². The lowest BCUT2D eigenvalue weighted by Crippen LogP contribution is -2.39. The number of carbonyl (C=O) groups is 2. The molecule has 2 saturated heterocycles. The molecule has 3 rings (SSSR count). The van der Waals surface area contributed by atoms with Gasteiger partial charge in [-0.15, -0.1) is 0 Å². The molecule has 0 radical (unpaired) electrons. The van der Waals surface area contributed by atoms with Gasteiger partial charge in [-0.3, -0.25) is 0 Å². The van der Waals surface area contributed by atoms with Crippen LogP contribution in [-0.4, -0.2) is 59.3 Å². The maximum absolute atomic E-state index is 12.4. The molecule has 0 aromatic carbocycles. The monoisotopic (exact) mass is 378 g/mol. The van der Waals surface area contributed by atoms with Gasteiger partial charge in [0.2, 0.25) is 0 Å². The van der Waals surface area contributed by atoms with Gasteiger partial charge in [0.05, 0.1) is 19.1 Å². The van der Waals surface area contributed by atoms with Crippen LogP contribution in [0.2, 0.25) is 0 Å². The van der Waals surface area contributed by atoms with E-state index in [4.69, 9.17) is 19.3 Å². The average molecular weight is 378 g/mol. The van der Waals surface area contributed by atoms with Gasteiger partial charge in [0.1, 0.15) is 23.9 Å². The number of allylic oxidation sites excluding steroid dienone is 1. The van der Waals surface area contributed by atoms with Gasteiger partial charge in [-0.25, -0.2) is 9.59 Å². The van der Waals surface area contributed by atoms with Crippen molar-refractivity contribution in [3.05, 3.63) is 35.5 Å². The van der Waals surface area contributed by atoms with Crippen molar-refractivity contribution in [3.63, 3.8) is 0 Å². The smallest absolute Gasteiger partial charge is 0.334 e. The third kappa shape index (κ3) is 3.72. The predicted molar refractivity (Wildman–Crippen MR) is 95.5 cm³/mol. The van der Waals surface area contributed by atoms with Gasteiger partial charge in [0.15, 0.2) is 0 Å². The SMILES string of the molecule is C=C1C(=O)OC2C1C(OC(=O)C(C)=CCO)C/C(C)=C\CCC1(CO)OC21. The Labute approximate surface area is 158 Å². The molecule has 2 heterocycles. The Bertz CT molecular complexity index is 707. The Morgan fingerprint density at radius 1 is 1.48 bits per heavy atom. The molecule has 0 aromatic heterocycles. The minimum Gasteiger partial charge on any atom is -0.458 e. The van der Waals surface area contributed by atoms with Gasteiger partial charge in [0.25, 0.3) is 0 Å². The summed E-state index contributed by atoms with van der Waals surface area (Å²) in [6.45, 7) is 6.92. The highest BCUT2D eigenvalue weighted by Gasteiger charge is 2.65. The summed E-state index contributed by atoms with van der Waals surface area (Å²) in [6.07, 6.45) is 3.43. The number of esters is 2. The number of hydrogen-bond donors (Lipinski definition) is 2. The Morgan fingerprint density at radius 2 is 2.22 bits per heavy atom. The number of rotatable bonds is 4. The zero-order valence-corrected chi connectivity index (χ0v) is 15.6. The molecule has 148 valence electrons. The van der Waals surface area contributed by atoms with E-state index < -0.39 is 41.8 Å². The fourth-order valence-corrected chi connectivity index (χ4v) is 3.94. The van der Waals surface area contributed by atoms with Crippen LogP contribution in [0, 0.1) is 5.92 Å². The Kier molecular flexibility index (Phi) is 5.55. The van der Waals surface area contributed by atoms with E-state index in [-0.39, 0.29) is 24.4 Å². The van der Waals surface area contributed by atoms with E-state index in [9.17, 15) is 14.7 Å². The van der Waals surface area contributed by atoms with Crippen molar-refractivity contribution >= 4 is 11.9 Å². The van der Waals surface area contributed by atoms with E-state index >= 15 is 0 Å². The van der Waals surface area contributed by atoms with Crippen molar-refractivity contribution in [2.75, 3.05) is 13.2 Å². The minimum absolute atomic E-state index is 0.166. The molecule has 7 nitrogen and oxygen atoms in total. The number of aliphatic hydroxyl groups excluding tert-OH is 2. The van der Waals surface area contributed by atoms with Crippen LogP contribution in [0.15, 0.2) is 35.5 Å². The van der Waals surface area contributed by atoms with Crippen LogP contribution in [-0.2, 0) is 23.8 Å². The summed E-state index contributed by atoms with van der Waals surface area (Å²) < 4.78 is 17.0. The number of fused-ring (bicyclic) bond motifs is 3. The summed E-state index contributed by atoms with van der Waals surface area (Å²) >= 11 is 0. The molecule has 27 heavy (non-hydrogen) atoms. The summed E-state index contributed by atoms with van der Waals surface area (Å²) in [5.41, 5.74) is 0.812. The van der Waals surface area contributed by atoms with Crippen LogP contribution in [0.4, 0.5) is 0 Å². The summed E-state index contributed by atoms with van der Waals surface area (Å²) in [6, 6.07) is 0. The first-order valence-corrected chi connectivity index (χ1v) is 9.15. The topological polar surface area (TPSA) is 106 Å². The van der Waals surface area contributed by atoms with E-state index in [2.05, 4.69) is 6.58 Å². The maximum atomic E-state index is 12.4. The summed E-state index contributed by atoms with van der Waals surface area (Å²) in [7, 11) is 0. The van der Waals surface area contributed by atoms with Gasteiger partial charge in [-0.1, -0.05) is 18.2 Å². The molecule has 0 aromatic rings. The van der Waals surface area contributed by atoms with Crippen molar-refractivity contribution < 1.29 is 34.0 Å². The molecule has 0 bridgehead atoms. The summed E-state index contributed by atoms with van der Waals surface area (Å²) in [4.78, 5) is 24.6. The third-order valence-electron chi connectivity index (χ3n) is 5.61. The number of epoxide rings is 1. The molecule has 7 heteroatoms. The second-order valence-electron chi connectivity index (χ2n) is 7.49. The standard InChI is InChI=1S/C20H26O7/c1-11-5-4-7-20(10-22)17(27-20)16-15(13(3)19(24)26-16)14(9-11)25-18(23)12(2)6-8-21/h5-6,14-17,21-22H,3-4,7-10H2,1-2H3/b11-5-,12-6?. The van der Waals surface area contributed by atoms with Crippen molar-refractivity contribution in [3.8, 4) is 0 Å². The van der Waals surface area contributed by atoms with Gasteiger partial charge < -0.3 is 24.4 Å². The van der Waals surface area contributed by atoms with Crippen molar-refractivity contribution in [2.24, 2.45) is 5.92 Å². The molecule has 2 N–H and O–H groups in total. The molecular formula is C20H26O7. The lowest BCUT2D eigenvalue weighted by Gasteiger charge is -2.28. The highest BCUT2D eigenvalue weighted by atomic mass is 16.7. The highest BCUT2D eigenvalue weighted by molar-refractivity contribution is 5.91. The minimum atomic E-state index is -0.733. The zero-order valence-electron chi connectivity index (χ0n) is 15.6. The van der Waals surface area contributed by atoms with Crippen LogP contribution in [0.5, 0.6) is 0 Å². The first-order valence-electron chi connectivity index (χ1n) is 9.15. The van der Waals surface area contributed by atoms with Crippen LogP contribution in [0.1, 0.15) is 33.1 Å². The molecular weight excluding hydrogens is 352 g/mol. The summed E-state index contributed by atoms with van der Waals surface area (Å²) in [5.74, 6) is -1.64. The van der Waals surface area contributed by atoms with Crippen LogP contribution in [0.3, 0.4) is 0 Å². The number of hydrogen-bond acceptors (Lipinski definition) is 7. The van der Waals surface area contributed by atoms with E-state index in [0.717, 1.165) is 5.57 Å². The first-order chi connectivity index (χ1) is 12.8. The Balaban J connectivity index is 1.93. The predicted octanol–water partition coefficient (Wildman–Crippen LogP) is 1.19. The summed E-state index contributed by atoms with van der Waals surface area (Å²) in [5, 5.41) is 18.8. The zero-order chi connectivity index (χ0) is 19.8. The third-order valence-corrected chi connectivity index (χ3v) is 5.61. The van der Waals surface area contributed by atoms with Crippen LogP contribution in [0.25, 0.3) is 0 Å². The Hall–Kier alpha value is -1.96. The Morgan fingerprint density at radius 3 is 2.89 bits per heavy atom. The molecule has 0 saturated carbocycles. The maximum Gasteiger partial charge on any atom is 0.334 e.